The Morgan fingerprint density at radius 2 is 1.66 bits per heavy atom. The van der Waals surface area contributed by atoms with Crippen LogP contribution in [0.4, 0.5) is 17.1 Å². The van der Waals surface area contributed by atoms with Gasteiger partial charge in [-0.1, -0.05) is 12.1 Å². The highest BCUT2D eigenvalue weighted by atomic mass is 16.6. The molecule has 0 spiro atoms. The first-order valence-electron chi connectivity index (χ1n) is 8.37. The Morgan fingerprint density at radius 3 is 2.21 bits per heavy atom. The molecular formula is C19H19N3O7. The Bertz CT molecular complexity index is 972. The molecule has 0 fully saturated rings. The number of para-hydroxylation sites is 1. The molecule has 2 N–H and O–H groups in total. The van der Waals surface area contributed by atoms with Gasteiger partial charge in [-0.15, -0.1) is 0 Å². The molecule has 2 aromatic carbocycles. The number of nitro benzene ring substituents is 1. The van der Waals surface area contributed by atoms with Gasteiger partial charge in [0, 0.05) is 25.1 Å². The fourth-order valence-corrected chi connectivity index (χ4v) is 2.62. The van der Waals surface area contributed by atoms with Gasteiger partial charge in [0.05, 0.1) is 42.5 Å². The molecule has 0 saturated carbocycles. The lowest BCUT2D eigenvalue weighted by Gasteiger charge is -2.16. The van der Waals surface area contributed by atoms with E-state index in [0.29, 0.717) is 5.75 Å². The van der Waals surface area contributed by atoms with Crippen molar-refractivity contribution in [1.29, 1.82) is 0 Å². The van der Waals surface area contributed by atoms with E-state index in [2.05, 4.69) is 10.6 Å². The molecule has 0 aliphatic rings. The first-order valence-corrected chi connectivity index (χ1v) is 8.37. The van der Waals surface area contributed by atoms with Crippen LogP contribution >= 0.6 is 0 Å². The molecule has 0 aromatic heterocycles. The second-order valence-corrected chi connectivity index (χ2v) is 5.86. The predicted molar refractivity (Wildman–Crippen MR) is 105 cm³/mol. The summed E-state index contributed by atoms with van der Waals surface area (Å²) in [5, 5.41) is 16.1. The maximum Gasteiger partial charge on any atom is 0.280 e. The lowest BCUT2D eigenvalue weighted by molar-refractivity contribution is -0.385. The number of nitrogens with one attached hydrogen (secondary N) is 2. The summed E-state index contributed by atoms with van der Waals surface area (Å²) in [6.45, 7) is 1.31. The quantitative estimate of drug-likeness (QED) is 0.300. The number of amides is 2. The van der Waals surface area contributed by atoms with Crippen LogP contribution in [-0.2, 0) is 9.59 Å². The maximum atomic E-state index is 12.4. The van der Waals surface area contributed by atoms with Gasteiger partial charge in [-0.3, -0.25) is 24.5 Å². The number of Topliss-reactive ketones (excluding diaryl/α,β-unsaturated/α-hetero) is 1. The number of rotatable bonds is 8. The standard InChI is InChI=1S/C19H19N3O7/c1-11(23)20-14-8-12(28-2)9-15(19(14)29-3)21-18(25)10-17(24)13-6-4-5-7-16(13)22(26)27/h4-9H,10H2,1-3H3,(H,20,23)(H,21,25). The number of carbonyl (C=O) groups is 3. The van der Waals surface area contributed by atoms with Crippen molar-refractivity contribution in [2.24, 2.45) is 0 Å². The topological polar surface area (TPSA) is 137 Å². The van der Waals surface area contributed by atoms with Crippen LogP contribution in [-0.4, -0.2) is 36.7 Å². The smallest absolute Gasteiger partial charge is 0.280 e. The van der Waals surface area contributed by atoms with Gasteiger partial charge in [0.15, 0.2) is 11.5 Å². The van der Waals surface area contributed by atoms with Crippen molar-refractivity contribution in [3.8, 4) is 11.5 Å². The van der Waals surface area contributed by atoms with Gasteiger partial charge in [-0.2, -0.15) is 0 Å². The van der Waals surface area contributed by atoms with Crippen LogP contribution < -0.4 is 20.1 Å². The summed E-state index contributed by atoms with van der Waals surface area (Å²) >= 11 is 0. The summed E-state index contributed by atoms with van der Waals surface area (Å²) in [7, 11) is 2.75. The monoisotopic (exact) mass is 401 g/mol. The Balaban J connectivity index is 2.27. The SMILES string of the molecule is COc1cc(NC(C)=O)c(OC)c(NC(=O)CC(=O)c2ccccc2[N+](=O)[O-])c1. The summed E-state index contributed by atoms with van der Waals surface area (Å²) in [4.78, 5) is 46.6. The van der Waals surface area contributed by atoms with Gasteiger partial charge < -0.3 is 20.1 Å². The maximum absolute atomic E-state index is 12.4. The number of hydrogen-bond acceptors (Lipinski definition) is 7. The summed E-state index contributed by atoms with van der Waals surface area (Å²) < 4.78 is 10.4. The number of ether oxygens (including phenoxy) is 2. The third kappa shape index (κ3) is 5.28. The van der Waals surface area contributed by atoms with E-state index in [0.717, 1.165) is 0 Å². The number of nitro groups is 1. The lowest BCUT2D eigenvalue weighted by atomic mass is 10.1. The lowest BCUT2D eigenvalue weighted by Crippen LogP contribution is -2.18. The van der Waals surface area contributed by atoms with Crippen LogP contribution in [0.2, 0.25) is 0 Å². The Morgan fingerprint density at radius 1 is 1.03 bits per heavy atom. The number of ketones is 1. The molecule has 10 nitrogen and oxygen atoms in total. The van der Waals surface area contributed by atoms with Crippen LogP contribution in [0, 0.1) is 10.1 Å². The zero-order chi connectivity index (χ0) is 21.6. The highest BCUT2D eigenvalue weighted by Crippen LogP contribution is 2.38. The van der Waals surface area contributed by atoms with E-state index >= 15 is 0 Å². The van der Waals surface area contributed by atoms with E-state index in [1.807, 2.05) is 0 Å². The molecule has 152 valence electrons. The van der Waals surface area contributed by atoms with Gasteiger partial charge in [0.1, 0.15) is 5.75 Å². The largest absolute Gasteiger partial charge is 0.497 e. The molecule has 10 heteroatoms. The summed E-state index contributed by atoms with van der Waals surface area (Å²) in [5.41, 5.74) is -0.114. The van der Waals surface area contributed by atoms with Crippen LogP contribution in [0.5, 0.6) is 11.5 Å². The molecule has 0 unspecified atom stereocenters. The first kappa shape index (κ1) is 21.4. The molecule has 2 amide bonds. The molecule has 0 aliphatic heterocycles. The highest BCUT2D eigenvalue weighted by Gasteiger charge is 2.22. The predicted octanol–water partition coefficient (Wildman–Crippen LogP) is 2.78. The van der Waals surface area contributed by atoms with Gasteiger partial charge in [0.2, 0.25) is 11.8 Å². The average molecular weight is 401 g/mol. The van der Waals surface area contributed by atoms with E-state index in [1.54, 1.807) is 0 Å². The molecule has 0 radical (unpaired) electrons. The van der Waals surface area contributed by atoms with E-state index in [9.17, 15) is 24.5 Å². The fourth-order valence-electron chi connectivity index (χ4n) is 2.62. The molecule has 29 heavy (non-hydrogen) atoms. The third-order valence-corrected chi connectivity index (χ3v) is 3.81. The average Bonchev–Trinajstić information content (AvgIpc) is 2.67. The fraction of sp³-hybridized carbons (Fsp3) is 0.211. The number of anilines is 2. The summed E-state index contributed by atoms with van der Waals surface area (Å²) in [6.07, 6.45) is -0.624. The van der Waals surface area contributed by atoms with Gasteiger partial charge >= 0.3 is 0 Å². The molecular weight excluding hydrogens is 382 g/mol. The minimum atomic E-state index is -0.714. The molecule has 2 aromatic rings. The molecule has 0 atom stereocenters. The molecule has 0 saturated heterocycles. The zero-order valence-electron chi connectivity index (χ0n) is 16.0. The minimum absolute atomic E-state index is 0.160. The number of nitrogens with zero attached hydrogens (tertiary/aromatic N) is 1. The van der Waals surface area contributed by atoms with Crippen molar-refractivity contribution >= 4 is 34.7 Å². The second kappa shape index (κ2) is 9.31. The molecule has 0 bridgehead atoms. The number of benzene rings is 2. The Hall–Kier alpha value is -3.95. The summed E-state index contributed by atoms with van der Waals surface area (Å²) in [5.74, 6) is -1.30. The van der Waals surface area contributed by atoms with Crippen LogP contribution in [0.25, 0.3) is 0 Å². The normalized spacial score (nSPS) is 10.0. The molecule has 2 rings (SSSR count). The van der Waals surface area contributed by atoms with Crippen molar-refractivity contribution in [3.63, 3.8) is 0 Å². The summed E-state index contributed by atoms with van der Waals surface area (Å²) in [6, 6.07) is 8.35. The molecule has 0 aliphatic carbocycles. The minimum Gasteiger partial charge on any atom is -0.497 e. The van der Waals surface area contributed by atoms with Crippen LogP contribution in [0.1, 0.15) is 23.7 Å². The van der Waals surface area contributed by atoms with E-state index in [4.69, 9.17) is 9.47 Å². The van der Waals surface area contributed by atoms with Crippen LogP contribution in [0.3, 0.4) is 0 Å². The van der Waals surface area contributed by atoms with Crippen molar-refractivity contribution in [2.45, 2.75) is 13.3 Å². The van der Waals surface area contributed by atoms with Crippen molar-refractivity contribution in [1.82, 2.24) is 0 Å². The zero-order valence-corrected chi connectivity index (χ0v) is 16.0. The molecule has 0 heterocycles. The van der Waals surface area contributed by atoms with Crippen molar-refractivity contribution < 1.29 is 28.8 Å². The Kier molecular flexibility index (Phi) is 6.85. The number of methoxy groups -OCH3 is 2. The first-order chi connectivity index (χ1) is 13.8. The van der Waals surface area contributed by atoms with Crippen molar-refractivity contribution in [2.75, 3.05) is 24.9 Å². The van der Waals surface area contributed by atoms with Gasteiger partial charge in [-0.25, -0.2) is 0 Å². The highest BCUT2D eigenvalue weighted by molar-refractivity contribution is 6.13. The van der Waals surface area contributed by atoms with Gasteiger partial charge in [0.25, 0.3) is 5.69 Å². The van der Waals surface area contributed by atoms with E-state index in [-0.39, 0.29) is 34.3 Å². The number of hydrogen-bond donors (Lipinski definition) is 2. The van der Waals surface area contributed by atoms with Crippen molar-refractivity contribution in [3.05, 3.63) is 52.1 Å². The third-order valence-electron chi connectivity index (χ3n) is 3.81. The Labute approximate surface area is 166 Å². The van der Waals surface area contributed by atoms with Gasteiger partial charge in [-0.05, 0) is 6.07 Å². The number of carbonyl (C=O) groups excluding carboxylic acids is 3. The van der Waals surface area contributed by atoms with E-state index in [1.165, 1.54) is 57.5 Å². The van der Waals surface area contributed by atoms with E-state index < -0.39 is 23.0 Å². The van der Waals surface area contributed by atoms with Crippen LogP contribution in [0.15, 0.2) is 36.4 Å². The second-order valence-electron chi connectivity index (χ2n) is 5.86.